The summed E-state index contributed by atoms with van der Waals surface area (Å²) in [5, 5.41) is 14.0. The van der Waals surface area contributed by atoms with Crippen molar-refractivity contribution in [2.45, 2.75) is 12.6 Å². The van der Waals surface area contributed by atoms with Crippen molar-refractivity contribution in [1.82, 2.24) is 5.32 Å². The maximum Gasteiger partial charge on any atom is 0.418 e. The lowest BCUT2D eigenvalue weighted by atomic mass is 10.1. The molecule has 134 valence electrons. The van der Waals surface area contributed by atoms with E-state index in [1.807, 2.05) is 30.3 Å². The van der Waals surface area contributed by atoms with Gasteiger partial charge in [0.15, 0.2) is 0 Å². The van der Waals surface area contributed by atoms with Crippen molar-refractivity contribution in [1.29, 1.82) is 5.26 Å². The second-order valence-corrected chi connectivity index (χ2v) is 5.35. The molecule has 0 spiro atoms. The maximum absolute atomic E-state index is 12.9. The number of para-hydroxylation sites is 1. The molecule has 26 heavy (non-hydrogen) atoms. The first-order valence-corrected chi connectivity index (χ1v) is 7.77. The molecule has 0 aromatic heterocycles. The molecule has 0 unspecified atom stereocenters. The highest BCUT2D eigenvalue weighted by molar-refractivity contribution is 5.97. The molecular weight excluding hydrogens is 343 g/mol. The van der Waals surface area contributed by atoms with Gasteiger partial charge in [0.1, 0.15) is 11.6 Å². The Balaban J connectivity index is 2.00. The van der Waals surface area contributed by atoms with E-state index in [4.69, 9.17) is 5.26 Å². The molecule has 2 aromatic rings. The standard InChI is InChI=1S/C19H16F3N3O/c20-19(21,22)16-8-4-5-9-17(16)25-13-15(12-23)18(26)24-11-10-14-6-2-1-3-7-14/h1-9,13,25H,10-11H2,(H,24,26)/b15-13-. The second-order valence-electron chi connectivity index (χ2n) is 5.35. The minimum Gasteiger partial charge on any atom is -0.360 e. The highest BCUT2D eigenvalue weighted by atomic mass is 19.4. The zero-order valence-electron chi connectivity index (χ0n) is 13.7. The first-order chi connectivity index (χ1) is 12.4. The van der Waals surface area contributed by atoms with Crippen LogP contribution in [0, 0.1) is 11.3 Å². The first kappa shape index (κ1) is 19.1. The monoisotopic (exact) mass is 359 g/mol. The van der Waals surface area contributed by atoms with Crippen LogP contribution in [0.5, 0.6) is 0 Å². The van der Waals surface area contributed by atoms with Crippen molar-refractivity contribution in [3.63, 3.8) is 0 Å². The predicted molar refractivity (Wildman–Crippen MR) is 91.9 cm³/mol. The summed E-state index contributed by atoms with van der Waals surface area (Å²) in [4.78, 5) is 12.0. The van der Waals surface area contributed by atoms with E-state index < -0.39 is 17.6 Å². The molecule has 0 atom stereocenters. The van der Waals surface area contributed by atoms with Gasteiger partial charge in [-0.3, -0.25) is 4.79 Å². The number of anilines is 1. The third-order valence-corrected chi connectivity index (χ3v) is 3.51. The molecule has 0 aliphatic rings. The Morgan fingerprint density at radius 1 is 1.08 bits per heavy atom. The number of nitriles is 1. The number of hydrogen-bond acceptors (Lipinski definition) is 3. The van der Waals surface area contributed by atoms with Crippen LogP contribution in [0.25, 0.3) is 0 Å². The van der Waals surface area contributed by atoms with Gasteiger partial charge in [-0.2, -0.15) is 18.4 Å². The average Bonchev–Trinajstić information content (AvgIpc) is 2.62. The summed E-state index contributed by atoms with van der Waals surface area (Å²) < 4.78 is 38.8. The van der Waals surface area contributed by atoms with Crippen molar-refractivity contribution in [3.05, 3.63) is 77.5 Å². The molecule has 0 fully saturated rings. The lowest BCUT2D eigenvalue weighted by Crippen LogP contribution is -2.27. The van der Waals surface area contributed by atoms with Gasteiger partial charge < -0.3 is 10.6 Å². The van der Waals surface area contributed by atoms with Gasteiger partial charge in [-0.25, -0.2) is 0 Å². The van der Waals surface area contributed by atoms with Crippen molar-refractivity contribution in [2.75, 3.05) is 11.9 Å². The highest BCUT2D eigenvalue weighted by Gasteiger charge is 2.33. The number of alkyl halides is 3. The fourth-order valence-corrected chi connectivity index (χ4v) is 2.21. The molecule has 0 aliphatic heterocycles. The van der Waals surface area contributed by atoms with E-state index in [9.17, 15) is 18.0 Å². The van der Waals surface area contributed by atoms with E-state index in [2.05, 4.69) is 10.6 Å². The number of amides is 1. The van der Waals surface area contributed by atoms with E-state index in [0.717, 1.165) is 17.8 Å². The molecule has 0 saturated carbocycles. The van der Waals surface area contributed by atoms with Gasteiger partial charge in [0.2, 0.25) is 0 Å². The Kier molecular flexibility index (Phi) is 6.39. The normalized spacial score (nSPS) is 11.5. The predicted octanol–water partition coefficient (Wildman–Crippen LogP) is 3.88. The van der Waals surface area contributed by atoms with E-state index >= 15 is 0 Å². The summed E-state index contributed by atoms with van der Waals surface area (Å²) in [5.74, 6) is -0.652. The number of benzene rings is 2. The summed E-state index contributed by atoms with van der Waals surface area (Å²) in [6, 6.07) is 16.0. The van der Waals surface area contributed by atoms with Gasteiger partial charge in [0.05, 0.1) is 11.3 Å². The van der Waals surface area contributed by atoms with Crippen molar-refractivity contribution in [3.8, 4) is 6.07 Å². The van der Waals surface area contributed by atoms with Crippen LogP contribution in [0.4, 0.5) is 18.9 Å². The van der Waals surface area contributed by atoms with E-state index in [-0.39, 0.29) is 11.3 Å². The molecule has 0 aliphatic carbocycles. The molecule has 7 heteroatoms. The summed E-state index contributed by atoms with van der Waals surface area (Å²) in [6.45, 7) is 0.307. The largest absolute Gasteiger partial charge is 0.418 e. The van der Waals surface area contributed by atoms with E-state index in [1.54, 1.807) is 6.07 Å². The quantitative estimate of drug-likeness (QED) is 0.608. The molecular formula is C19H16F3N3O. The molecule has 2 aromatic carbocycles. The van der Waals surface area contributed by atoms with Crippen molar-refractivity contribution < 1.29 is 18.0 Å². The fourth-order valence-electron chi connectivity index (χ4n) is 2.21. The SMILES string of the molecule is N#C/C(=C/Nc1ccccc1C(F)(F)F)C(=O)NCCc1ccccc1. The third-order valence-electron chi connectivity index (χ3n) is 3.51. The number of nitrogens with one attached hydrogen (secondary N) is 2. The van der Waals surface area contributed by atoms with Crippen molar-refractivity contribution >= 4 is 11.6 Å². The lowest BCUT2D eigenvalue weighted by molar-refractivity contribution is -0.136. The van der Waals surface area contributed by atoms with Gasteiger partial charge in [-0.15, -0.1) is 0 Å². The van der Waals surface area contributed by atoms with Crippen molar-refractivity contribution in [2.24, 2.45) is 0 Å². The van der Waals surface area contributed by atoms with Crippen LogP contribution in [-0.4, -0.2) is 12.5 Å². The number of nitrogens with zero attached hydrogens (tertiary/aromatic N) is 1. The summed E-state index contributed by atoms with van der Waals surface area (Å²) in [6.07, 6.45) is -2.99. The topological polar surface area (TPSA) is 64.9 Å². The summed E-state index contributed by atoms with van der Waals surface area (Å²) in [5.41, 5.74) is -0.398. The minimum atomic E-state index is -4.54. The zero-order chi connectivity index (χ0) is 19.0. The van der Waals surface area contributed by atoms with Crippen LogP contribution >= 0.6 is 0 Å². The van der Waals surface area contributed by atoms with Crippen LogP contribution in [0.15, 0.2) is 66.4 Å². The maximum atomic E-state index is 12.9. The van der Waals surface area contributed by atoms with Crippen LogP contribution in [0.3, 0.4) is 0 Å². The minimum absolute atomic E-state index is 0.232. The number of halogens is 3. The van der Waals surface area contributed by atoms with Gasteiger partial charge >= 0.3 is 6.18 Å². The van der Waals surface area contributed by atoms with Gasteiger partial charge in [-0.1, -0.05) is 42.5 Å². The number of hydrogen-bond donors (Lipinski definition) is 2. The molecule has 0 heterocycles. The van der Waals surface area contributed by atoms with Gasteiger partial charge in [0, 0.05) is 12.7 Å². The Morgan fingerprint density at radius 2 is 1.73 bits per heavy atom. The zero-order valence-corrected chi connectivity index (χ0v) is 13.7. The Bertz CT molecular complexity index is 824. The second kappa shape index (κ2) is 8.72. The number of carbonyl (C=O) groups is 1. The molecule has 1 amide bonds. The Labute approximate surface area is 149 Å². The molecule has 0 radical (unpaired) electrons. The fraction of sp³-hybridized carbons (Fsp3) is 0.158. The van der Waals surface area contributed by atoms with Crippen LogP contribution in [-0.2, 0) is 17.4 Å². The molecule has 0 saturated heterocycles. The van der Waals surface area contributed by atoms with Gasteiger partial charge in [0.25, 0.3) is 5.91 Å². The van der Waals surface area contributed by atoms with Crippen LogP contribution < -0.4 is 10.6 Å². The highest BCUT2D eigenvalue weighted by Crippen LogP contribution is 2.34. The van der Waals surface area contributed by atoms with E-state index in [0.29, 0.717) is 13.0 Å². The Morgan fingerprint density at radius 3 is 2.38 bits per heavy atom. The number of rotatable bonds is 6. The summed E-state index contributed by atoms with van der Waals surface area (Å²) >= 11 is 0. The third kappa shape index (κ3) is 5.38. The molecule has 2 N–H and O–H groups in total. The van der Waals surface area contributed by atoms with Crippen LogP contribution in [0.1, 0.15) is 11.1 Å². The number of carbonyl (C=O) groups excluding carboxylic acids is 1. The lowest BCUT2D eigenvalue weighted by Gasteiger charge is -2.12. The molecule has 2 rings (SSSR count). The smallest absolute Gasteiger partial charge is 0.360 e. The first-order valence-electron chi connectivity index (χ1n) is 7.77. The van der Waals surface area contributed by atoms with Gasteiger partial charge in [-0.05, 0) is 24.1 Å². The summed E-state index contributed by atoms with van der Waals surface area (Å²) in [7, 11) is 0. The molecule has 4 nitrogen and oxygen atoms in total. The Hall–Kier alpha value is -3.27. The molecule has 0 bridgehead atoms. The van der Waals surface area contributed by atoms with Crippen LogP contribution in [0.2, 0.25) is 0 Å². The van der Waals surface area contributed by atoms with E-state index in [1.165, 1.54) is 18.2 Å². The average molecular weight is 359 g/mol.